The van der Waals surface area contributed by atoms with Crippen LogP contribution < -0.4 is 5.32 Å². The molecule has 1 aliphatic rings. The third-order valence-corrected chi connectivity index (χ3v) is 4.18. The Kier molecular flexibility index (Phi) is 3.52. The van der Waals surface area contributed by atoms with E-state index in [1.54, 1.807) is 0 Å². The molecule has 0 saturated carbocycles. The van der Waals surface area contributed by atoms with E-state index in [0.717, 1.165) is 16.6 Å². The summed E-state index contributed by atoms with van der Waals surface area (Å²) in [6.45, 7) is 4.84. The van der Waals surface area contributed by atoms with E-state index in [4.69, 9.17) is 0 Å². The van der Waals surface area contributed by atoms with Gasteiger partial charge in [0.1, 0.15) is 0 Å². The molecule has 1 fully saturated rings. The SMILES string of the molecule is CC1(C)CC(C(=O)O)(c2cccc(Br)c2)CCN1. The van der Waals surface area contributed by atoms with E-state index in [1.807, 2.05) is 24.3 Å². The first-order chi connectivity index (χ1) is 8.36. The van der Waals surface area contributed by atoms with Gasteiger partial charge in [-0.3, -0.25) is 4.79 Å². The highest BCUT2D eigenvalue weighted by molar-refractivity contribution is 9.10. The van der Waals surface area contributed by atoms with Crippen LogP contribution >= 0.6 is 15.9 Å². The maximum Gasteiger partial charge on any atom is 0.314 e. The van der Waals surface area contributed by atoms with Crippen LogP contribution in [0.4, 0.5) is 0 Å². The Balaban J connectivity index is 2.48. The van der Waals surface area contributed by atoms with E-state index in [0.29, 0.717) is 12.8 Å². The van der Waals surface area contributed by atoms with Crippen molar-refractivity contribution in [3.63, 3.8) is 0 Å². The van der Waals surface area contributed by atoms with E-state index in [9.17, 15) is 9.90 Å². The average molecular weight is 312 g/mol. The molecule has 0 aliphatic carbocycles. The lowest BCUT2D eigenvalue weighted by molar-refractivity contribution is -0.146. The van der Waals surface area contributed by atoms with E-state index in [2.05, 4.69) is 35.1 Å². The molecule has 1 heterocycles. The third-order valence-electron chi connectivity index (χ3n) is 3.69. The quantitative estimate of drug-likeness (QED) is 0.883. The standard InChI is InChI=1S/C14H18BrNO2/c1-13(2)9-14(12(17)18,6-7-16-13)10-4-3-5-11(15)8-10/h3-5,8,16H,6-7,9H2,1-2H3,(H,17,18). The Hall–Kier alpha value is -0.870. The molecular weight excluding hydrogens is 294 g/mol. The third kappa shape index (κ3) is 2.45. The first kappa shape index (κ1) is 13.6. The minimum absolute atomic E-state index is 0.154. The van der Waals surface area contributed by atoms with Gasteiger partial charge in [-0.05, 0) is 50.9 Å². The first-order valence-electron chi connectivity index (χ1n) is 6.10. The van der Waals surface area contributed by atoms with Crippen LogP contribution in [0.15, 0.2) is 28.7 Å². The van der Waals surface area contributed by atoms with Crippen LogP contribution in [0.25, 0.3) is 0 Å². The highest BCUT2D eigenvalue weighted by Crippen LogP contribution is 2.40. The fraction of sp³-hybridized carbons (Fsp3) is 0.500. The van der Waals surface area contributed by atoms with Crippen LogP contribution in [-0.2, 0) is 10.2 Å². The molecular formula is C14H18BrNO2. The zero-order valence-corrected chi connectivity index (χ0v) is 12.3. The van der Waals surface area contributed by atoms with Crippen LogP contribution in [0.5, 0.6) is 0 Å². The topological polar surface area (TPSA) is 49.3 Å². The fourth-order valence-corrected chi connectivity index (χ4v) is 3.26. The van der Waals surface area contributed by atoms with Gasteiger partial charge in [-0.15, -0.1) is 0 Å². The molecule has 1 aliphatic heterocycles. The zero-order chi connectivity index (χ0) is 13.4. The molecule has 0 aromatic heterocycles. The molecule has 1 unspecified atom stereocenters. The van der Waals surface area contributed by atoms with Crippen LogP contribution in [0.1, 0.15) is 32.3 Å². The largest absolute Gasteiger partial charge is 0.481 e. The van der Waals surface area contributed by atoms with Crippen LogP contribution in [0.2, 0.25) is 0 Å². The van der Waals surface area contributed by atoms with Crippen molar-refractivity contribution in [2.45, 2.75) is 37.6 Å². The smallest absolute Gasteiger partial charge is 0.314 e. The molecule has 1 saturated heterocycles. The number of hydrogen-bond acceptors (Lipinski definition) is 2. The van der Waals surface area contributed by atoms with Crippen LogP contribution in [0.3, 0.4) is 0 Å². The van der Waals surface area contributed by atoms with Crippen LogP contribution in [-0.4, -0.2) is 23.2 Å². The molecule has 0 amide bonds. The van der Waals surface area contributed by atoms with E-state index in [1.165, 1.54) is 0 Å². The van der Waals surface area contributed by atoms with E-state index < -0.39 is 11.4 Å². The zero-order valence-electron chi connectivity index (χ0n) is 10.7. The number of carbonyl (C=O) groups is 1. The van der Waals surface area contributed by atoms with E-state index >= 15 is 0 Å². The Morgan fingerprint density at radius 1 is 1.44 bits per heavy atom. The second-order valence-electron chi connectivity index (χ2n) is 5.64. The molecule has 2 rings (SSSR count). The number of nitrogens with one attached hydrogen (secondary N) is 1. The van der Waals surface area contributed by atoms with Gasteiger partial charge in [-0.1, -0.05) is 28.1 Å². The summed E-state index contributed by atoms with van der Waals surface area (Å²) in [5.74, 6) is -0.727. The van der Waals surface area contributed by atoms with Gasteiger partial charge in [0.2, 0.25) is 0 Å². The molecule has 0 spiro atoms. The molecule has 98 valence electrons. The Labute approximate surface area is 116 Å². The van der Waals surface area contributed by atoms with Crippen LogP contribution in [0, 0.1) is 0 Å². The second-order valence-corrected chi connectivity index (χ2v) is 6.55. The Bertz CT molecular complexity index is 473. The molecule has 1 aromatic carbocycles. The van der Waals surface area contributed by atoms with Gasteiger partial charge in [0, 0.05) is 10.0 Å². The maximum absolute atomic E-state index is 11.8. The molecule has 3 nitrogen and oxygen atoms in total. The minimum Gasteiger partial charge on any atom is -0.481 e. The summed E-state index contributed by atoms with van der Waals surface area (Å²) in [7, 11) is 0. The summed E-state index contributed by atoms with van der Waals surface area (Å²) in [5.41, 5.74) is -0.0451. The second kappa shape index (κ2) is 4.67. The summed E-state index contributed by atoms with van der Waals surface area (Å²) < 4.78 is 0.928. The predicted molar refractivity (Wildman–Crippen MR) is 74.8 cm³/mol. The number of benzene rings is 1. The lowest BCUT2D eigenvalue weighted by Gasteiger charge is -2.43. The van der Waals surface area contributed by atoms with Gasteiger partial charge < -0.3 is 10.4 Å². The Morgan fingerprint density at radius 3 is 2.72 bits per heavy atom. The molecule has 18 heavy (non-hydrogen) atoms. The van der Waals surface area contributed by atoms with Crippen molar-refractivity contribution in [1.29, 1.82) is 0 Å². The lowest BCUT2D eigenvalue weighted by atomic mass is 9.67. The van der Waals surface area contributed by atoms with Crippen molar-refractivity contribution in [2.24, 2.45) is 0 Å². The highest BCUT2D eigenvalue weighted by Gasteiger charge is 2.47. The van der Waals surface area contributed by atoms with Gasteiger partial charge in [-0.25, -0.2) is 0 Å². The van der Waals surface area contributed by atoms with Crippen molar-refractivity contribution in [3.05, 3.63) is 34.3 Å². The van der Waals surface area contributed by atoms with Gasteiger partial charge in [0.05, 0.1) is 5.41 Å². The molecule has 2 N–H and O–H groups in total. The van der Waals surface area contributed by atoms with Crippen molar-refractivity contribution >= 4 is 21.9 Å². The lowest BCUT2D eigenvalue weighted by Crippen LogP contribution is -2.55. The number of carboxylic acid groups (broad SMARTS) is 1. The van der Waals surface area contributed by atoms with Gasteiger partial charge in [0.25, 0.3) is 0 Å². The predicted octanol–water partition coefficient (Wildman–Crippen LogP) is 2.93. The summed E-state index contributed by atoms with van der Waals surface area (Å²) in [4.78, 5) is 11.8. The molecule has 0 bridgehead atoms. The molecule has 0 radical (unpaired) electrons. The summed E-state index contributed by atoms with van der Waals surface area (Å²) in [5, 5.41) is 13.1. The van der Waals surface area contributed by atoms with Gasteiger partial charge in [0.15, 0.2) is 0 Å². The number of hydrogen-bond donors (Lipinski definition) is 2. The summed E-state index contributed by atoms with van der Waals surface area (Å²) in [6, 6.07) is 7.67. The number of carboxylic acids is 1. The molecule has 1 atom stereocenters. The number of halogens is 1. The highest BCUT2D eigenvalue weighted by atomic mass is 79.9. The normalized spacial score (nSPS) is 26.8. The number of rotatable bonds is 2. The van der Waals surface area contributed by atoms with Crippen molar-refractivity contribution < 1.29 is 9.90 Å². The number of piperidine rings is 1. The maximum atomic E-state index is 11.8. The summed E-state index contributed by atoms with van der Waals surface area (Å²) in [6.07, 6.45) is 1.23. The molecule has 1 aromatic rings. The van der Waals surface area contributed by atoms with Gasteiger partial charge >= 0.3 is 5.97 Å². The fourth-order valence-electron chi connectivity index (χ4n) is 2.86. The molecule has 4 heteroatoms. The Morgan fingerprint density at radius 2 is 2.17 bits per heavy atom. The van der Waals surface area contributed by atoms with Crippen molar-refractivity contribution in [2.75, 3.05) is 6.54 Å². The van der Waals surface area contributed by atoms with Gasteiger partial charge in [-0.2, -0.15) is 0 Å². The monoisotopic (exact) mass is 311 g/mol. The van der Waals surface area contributed by atoms with Crippen molar-refractivity contribution in [3.8, 4) is 0 Å². The average Bonchev–Trinajstić information content (AvgIpc) is 2.27. The first-order valence-corrected chi connectivity index (χ1v) is 6.90. The van der Waals surface area contributed by atoms with Crippen molar-refractivity contribution in [1.82, 2.24) is 5.32 Å². The minimum atomic E-state index is -0.779. The summed E-state index contributed by atoms with van der Waals surface area (Å²) >= 11 is 3.42. The van der Waals surface area contributed by atoms with E-state index in [-0.39, 0.29) is 5.54 Å². The number of aliphatic carboxylic acids is 1.